The molecule has 1 heterocycles. The number of carbonyl (C=O) groups is 2. The molecule has 0 aliphatic carbocycles. The SMILES string of the molecule is CC(=O)NC(C)(C)C#Cc1ccc([C@H](C)N2CC[C@](CC(C)(C)O)(c3ccccc3)OC2=O)cc1. The number of hydrogen-bond donors (Lipinski definition) is 2. The fourth-order valence-electron chi connectivity index (χ4n) is 4.62. The molecule has 1 aliphatic heterocycles. The first-order valence-electron chi connectivity index (χ1n) is 12.0. The molecule has 1 fully saturated rings. The zero-order chi connectivity index (χ0) is 25.9. The van der Waals surface area contributed by atoms with Crippen LogP contribution in [0, 0.1) is 11.8 Å². The van der Waals surface area contributed by atoms with E-state index in [1.807, 2.05) is 75.4 Å². The smallest absolute Gasteiger partial charge is 0.411 e. The lowest BCUT2D eigenvalue weighted by Crippen LogP contribution is -2.51. The van der Waals surface area contributed by atoms with Crippen molar-refractivity contribution in [2.24, 2.45) is 0 Å². The maximum atomic E-state index is 13.2. The van der Waals surface area contributed by atoms with Crippen molar-refractivity contribution in [2.75, 3.05) is 6.54 Å². The van der Waals surface area contributed by atoms with Crippen molar-refractivity contribution in [2.45, 2.75) is 77.2 Å². The summed E-state index contributed by atoms with van der Waals surface area (Å²) in [4.78, 5) is 26.3. The highest BCUT2D eigenvalue weighted by atomic mass is 16.6. The van der Waals surface area contributed by atoms with Crippen LogP contribution in [-0.2, 0) is 15.1 Å². The van der Waals surface area contributed by atoms with Gasteiger partial charge in [-0.15, -0.1) is 0 Å². The maximum Gasteiger partial charge on any atom is 0.411 e. The van der Waals surface area contributed by atoms with Crippen LogP contribution in [-0.4, -0.2) is 39.7 Å². The number of benzene rings is 2. The van der Waals surface area contributed by atoms with Crippen LogP contribution in [0.4, 0.5) is 4.79 Å². The third-order valence-corrected chi connectivity index (χ3v) is 6.16. The van der Waals surface area contributed by atoms with Crippen LogP contribution < -0.4 is 5.32 Å². The van der Waals surface area contributed by atoms with Crippen LogP contribution in [0.15, 0.2) is 54.6 Å². The molecule has 1 aliphatic rings. The Morgan fingerprint density at radius 3 is 2.31 bits per heavy atom. The van der Waals surface area contributed by atoms with Crippen LogP contribution in [0.3, 0.4) is 0 Å². The van der Waals surface area contributed by atoms with Gasteiger partial charge in [0.2, 0.25) is 5.91 Å². The van der Waals surface area contributed by atoms with Crippen LogP contribution in [0.2, 0.25) is 0 Å². The van der Waals surface area contributed by atoms with Gasteiger partial charge in [-0.3, -0.25) is 4.79 Å². The largest absolute Gasteiger partial charge is 0.438 e. The molecule has 186 valence electrons. The molecule has 6 nitrogen and oxygen atoms in total. The summed E-state index contributed by atoms with van der Waals surface area (Å²) in [5, 5.41) is 13.4. The molecule has 0 bridgehead atoms. The second-order valence-corrected chi connectivity index (χ2v) is 10.5. The number of cyclic esters (lactones) is 1. The molecule has 2 N–H and O–H groups in total. The molecule has 2 aromatic rings. The van der Waals surface area contributed by atoms with Crippen LogP contribution in [0.1, 0.15) is 77.1 Å². The first kappa shape index (κ1) is 26.3. The average molecular weight is 477 g/mol. The van der Waals surface area contributed by atoms with Crippen LogP contribution in [0.5, 0.6) is 0 Å². The van der Waals surface area contributed by atoms with E-state index < -0.39 is 22.8 Å². The Kier molecular flexibility index (Phi) is 7.62. The standard InChI is InChI=1S/C29H36N2O4/c1-21(24-14-12-23(13-15-24)16-17-27(3,4)30-22(2)32)31-19-18-29(35-26(31)33,20-28(5,6)34)25-10-8-7-9-11-25/h7-15,21,34H,18-20H2,1-6H3,(H,30,32)/t21-,29-/m0/s1. The molecule has 3 rings (SSSR count). The topological polar surface area (TPSA) is 78.9 Å². The van der Waals surface area contributed by atoms with E-state index in [4.69, 9.17) is 4.74 Å². The number of ether oxygens (including phenoxy) is 1. The van der Waals surface area contributed by atoms with Crippen molar-refractivity contribution in [3.63, 3.8) is 0 Å². The van der Waals surface area contributed by atoms with Crippen molar-refractivity contribution < 1.29 is 19.4 Å². The monoisotopic (exact) mass is 476 g/mol. The van der Waals surface area contributed by atoms with E-state index in [0.29, 0.717) is 19.4 Å². The van der Waals surface area contributed by atoms with Gasteiger partial charge in [0.25, 0.3) is 0 Å². The minimum atomic E-state index is -0.991. The highest BCUT2D eigenvalue weighted by Crippen LogP contribution is 2.42. The molecule has 0 saturated carbocycles. The Balaban J connectivity index is 1.75. The lowest BCUT2D eigenvalue weighted by molar-refractivity contribution is -0.120. The number of rotatable bonds is 6. The van der Waals surface area contributed by atoms with Gasteiger partial charge in [0, 0.05) is 31.9 Å². The molecule has 2 amide bonds. The van der Waals surface area contributed by atoms with Crippen molar-refractivity contribution in [3.05, 3.63) is 71.3 Å². The maximum absolute atomic E-state index is 13.2. The molecule has 0 spiro atoms. The third kappa shape index (κ3) is 6.86. The third-order valence-electron chi connectivity index (χ3n) is 6.16. The summed E-state index contributed by atoms with van der Waals surface area (Å²) in [6.45, 7) is 11.1. The number of carbonyl (C=O) groups excluding carboxylic acids is 2. The summed E-state index contributed by atoms with van der Waals surface area (Å²) in [5.41, 5.74) is 0.219. The van der Waals surface area contributed by atoms with Gasteiger partial charge in [0.1, 0.15) is 5.60 Å². The first-order chi connectivity index (χ1) is 16.3. The van der Waals surface area contributed by atoms with E-state index in [9.17, 15) is 14.7 Å². The summed E-state index contributed by atoms with van der Waals surface area (Å²) in [7, 11) is 0. The highest BCUT2D eigenvalue weighted by molar-refractivity contribution is 5.74. The van der Waals surface area contributed by atoms with E-state index in [1.54, 1.807) is 18.7 Å². The van der Waals surface area contributed by atoms with Gasteiger partial charge in [-0.2, -0.15) is 0 Å². The van der Waals surface area contributed by atoms with Gasteiger partial charge in [-0.25, -0.2) is 4.79 Å². The fourth-order valence-corrected chi connectivity index (χ4v) is 4.62. The summed E-state index contributed by atoms with van der Waals surface area (Å²) < 4.78 is 6.09. The van der Waals surface area contributed by atoms with E-state index >= 15 is 0 Å². The van der Waals surface area contributed by atoms with E-state index in [2.05, 4.69) is 17.2 Å². The normalized spacial score (nSPS) is 19.3. The minimum absolute atomic E-state index is 0.124. The van der Waals surface area contributed by atoms with Gasteiger partial charge >= 0.3 is 6.09 Å². The molecule has 0 radical (unpaired) electrons. The highest BCUT2D eigenvalue weighted by Gasteiger charge is 2.46. The molecule has 6 heteroatoms. The van der Waals surface area contributed by atoms with E-state index in [-0.39, 0.29) is 11.9 Å². The molecule has 35 heavy (non-hydrogen) atoms. The predicted molar refractivity (Wildman–Crippen MR) is 136 cm³/mol. The Bertz CT molecular complexity index is 1110. The predicted octanol–water partition coefficient (Wildman–Crippen LogP) is 4.91. The van der Waals surface area contributed by atoms with E-state index in [1.165, 1.54) is 6.92 Å². The second kappa shape index (κ2) is 10.1. The summed E-state index contributed by atoms with van der Waals surface area (Å²) in [6, 6.07) is 17.2. The first-order valence-corrected chi connectivity index (χ1v) is 12.0. The molecule has 0 unspecified atom stereocenters. The quantitative estimate of drug-likeness (QED) is 0.581. The number of hydrogen-bond acceptors (Lipinski definition) is 4. The van der Waals surface area contributed by atoms with Crippen molar-refractivity contribution in [1.82, 2.24) is 10.2 Å². The fraction of sp³-hybridized carbons (Fsp3) is 0.448. The Morgan fingerprint density at radius 1 is 1.14 bits per heavy atom. The van der Waals surface area contributed by atoms with Gasteiger partial charge in [0.05, 0.1) is 17.2 Å². The molecule has 2 aromatic carbocycles. The Labute approximate surface area is 208 Å². The van der Waals surface area contributed by atoms with Gasteiger partial charge < -0.3 is 20.1 Å². The number of nitrogens with zero attached hydrogens (tertiary/aromatic N) is 1. The number of nitrogens with one attached hydrogen (secondary N) is 1. The molecule has 2 atom stereocenters. The Morgan fingerprint density at radius 2 is 1.77 bits per heavy atom. The van der Waals surface area contributed by atoms with Gasteiger partial charge in [-0.1, -0.05) is 54.3 Å². The minimum Gasteiger partial charge on any atom is -0.438 e. The second-order valence-electron chi connectivity index (χ2n) is 10.5. The van der Waals surface area contributed by atoms with Gasteiger partial charge in [-0.05, 0) is 57.9 Å². The number of amides is 2. The Hall–Kier alpha value is -3.30. The van der Waals surface area contributed by atoms with Crippen molar-refractivity contribution in [1.29, 1.82) is 0 Å². The summed E-state index contributed by atoms with van der Waals surface area (Å²) in [5.74, 6) is 6.06. The van der Waals surface area contributed by atoms with E-state index in [0.717, 1.165) is 16.7 Å². The summed E-state index contributed by atoms with van der Waals surface area (Å²) >= 11 is 0. The van der Waals surface area contributed by atoms with Crippen LogP contribution >= 0.6 is 0 Å². The zero-order valence-corrected chi connectivity index (χ0v) is 21.5. The lowest BCUT2D eigenvalue weighted by atomic mass is 9.80. The van der Waals surface area contributed by atoms with Crippen molar-refractivity contribution in [3.8, 4) is 11.8 Å². The molecular weight excluding hydrogens is 440 g/mol. The molecule has 1 saturated heterocycles. The lowest BCUT2D eigenvalue weighted by Gasteiger charge is -2.45. The zero-order valence-electron chi connectivity index (χ0n) is 21.5. The summed E-state index contributed by atoms with van der Waals surface area (Å²) in [6.07, 6.45) is 0.511. The average Bonchev–Trinajstić information content (AvgIpc) is 2.76. The molecular formula is C29H36N2O4. The van der Waals surface area contributed by atoms with Crippen LogP contribution in [0.25, 0.3) is 0 Å². The van der Waals surface area contributed by atoms with Crippen molar-refractivity contribution >= 4 is 12.0 Å². The number of aliphatic hydroxyl groups is 1. The van der Waals surface area contributed by atoms with Gasteiger partial charge in [0.15, 0.2) is 0 Å². The molecule has 0 aromatic heterocycles.